The van der Waals surface area contributed by atoms with Crippen LogP contribution >= 0.6 is 31.9 Å². The van der Waals surface area contributed by atoms with Gasteiger partial charge in [-0.2, -0.15) is 0 Å². The molecule has 0 aromatic heterocycles. The second kappa shape index (κ2) is 5.22. The predicted molar refractivity (Wildman–Crippen MR) is 56.9 cm³/mol. The van der Waals surface area contributed by atoms with Crippen molar-refractivity contribution in [1.29, 1.82) is 0 Å². The van der Waals surface area contributed by atoms with Crippen LogP contribution in [0.2, 0.25) is 0 Å². The average Bonchev–Trinajstić information content (AvgIpc) is 2.03. The van der Waals surface area contributed by atoms with E-state index >= 15 is 0 Å². The van der Waals surface area contributed by atoms with Gasteiger partial charge in [-0.15, -0.1) is 0 Å². The standard InChI is InChI=1S/C8H14Br2O2/c1-4-12-7(11)8(2,3)6(10)5-9/h6H,4-5H2,1-3H3. The summed E-state index contributed by atoms with van der Waals surface area (Å²) >= 11 is 6.74. The summed E-state index contributed by atoms with van der Waals surface area (Å²) in [6, 6.07) is 0. The van der Waals surface area contributed by atoms with Gasteiger partial charge < -0.3 is 4.74 Å². The fraction of sp³-hybridized carbons (Fsp3) is 0.875. The second-order valence-corrected chi connectivity index (χ2v) is 4.82. The summed E-state index contributed by atoms with van der Waals surface area (Å²) in [5, 5.41) is 0.735. The van der Waals surface area contributed by atoms with Crippen molar-refractivity contribution in [3.05, 3.63) is 0 Å². The molecule has 0 spiro atoms. The van der Waals surface area contributed by atoms with E-state index in [-0.39, 0.29) is 10.8 Å². The zero-order valence-electron chi connectivity index (χ0n) is 7.56. The summed E-state index contributed by atoms with van der Waals surface area (Å²) in [6.07, 6.45) is 0. The molecule has 0 aliphatic heterocycles. The van der Waals surface area contributed by atoms with Crippen molar-refractivity contribution in [2.45, 2.75) is 25.6 Å². The van der Waals surface area contributed by atoms with Gasteiger partial charge in [-0.1, -0.05) is 31.9 Å². The highest BCUT2D eigenvalue weighted by Crippen LogP contribution is 2.29. The van der Waals surface area contributed by atoms with Gasteiger partial charge in [-0.05, 0) is 20.8 Å². The molecule has 0 aliphatic carbocycles. The minimum atomic E-state index is -0.473. The van der Waals surface area contributed by atoms with Crippen LogP contribution in [0.5, 0.6) is 0 Å². The van der Waals surface area contributed by atoms with E-state index in [9.17, 15) is 4.79 Å². The van der Waals surface area contributed by atoms with Gasteiger partial charge in [-0.3, -0.25) is 4.79 Å². The van der Waals surface area contributed by atoms with E-state index in [4.69, 9.17) is 4.74 Å². The number of carbonyl (C=O) groups is 1. The van der Waals surface area contributed by atoms with E-state index in [1.165, 1.54) is 0 Å². The molecule has 0 radical (unpaired) electrons. The molecule has 0 heterocycles. The van der Waals surface area contributed by atoms with E-state index in [0.29, 0.717) is 6.61 Å². The number of esters is 1. The maximum Gasteiger partial charge on any atom is 0.312 e. The summed E-state index contributed by atoms with van der Waals surface area (Å²) in [5.41, 5.74) is -0.473. The van der Waals surface area contributed by atoms with Gasteiger partial charge in [0.25, 0.3) is 0 Å². The van der Waals surface area contributed by atoms with Crippen LogP contribution in [0.1, 0.15) is 20.8 Å². The highest BCUT2D eigenvalue weighted by molar-refractivity contribution is 9.12. The Kier molecular flexibility index (Phi) is 5.41. The first kappa shape index (κ1) is 12.4. The second-order valence-electron chi connectivity index (χ2n) is 3.06. The largest absolute Gasteiger partial charge is 0.466 e. The molecular formula is C8H14Br2O2. The topological polar surface area (TPSA) is 26.3 Å². The zero-order valence-corrected chi connectivity index (χ0v) is 10.7. The number of alkyl halides is 2. The van der Waals surface area contributed by atoms with E-state index < -0.39 is 5.41 Å². The first-order chi connectivity index (χ1) is 5.46. The summed E-state index contributed by atoms with van der Waals surface area (Å²) in [4.78, 5) is 11.5. The van der Waals surface area contributed by atoms with Crippen LogP contribution in [-0.4, -0.2) is 22.7 Å². The van der Waals surface area contributed by atoms with Gasteiger partial charge in [0.1, 0.15) is 0 Å². The molecule has 4 heteroatoms. The fourth-order valence-corrected chi connectivity index (χ4v) is 1.63. The Labute approximate surface area is 90.3 Å². The van der Waals surface area contributed by atoms with Crippen LogP contribution in [0, 0.1) is 5.41 Å². The maximum absolute atomic E-state index is 11.4. The first-order valence-electron chi connectivity index (χ1n) is 3.84. The molecule has 12 heavy (non-hydrogen) atoms. The summed E-state index contributed by atoms with van der Waals surface area (Å²) in [5.74, 6) is -0.161. The Bertz CT molecular complexity index is 157. The molecule has 1 atom stereocenters. The number of halogens is 2. The predicted octanol–water partition coefficient (Wildman–Crippen LogP) is 2.73. The Morgan fingerprint density at radius 3 is 2.42 bits per heavy atom. The Morgan fingerprint density at radius 2 is 2.08 bits per heavy atom. The van der Waals surface area contributed by atoms with Gasteiger partial charge in [0, 0.05) is 10.2 Å². The molecule has 0 aromatic rings. The molecule has 0 N–H and O–H groups in total. The molecule has 72 valence electrons. The molecule has 1 unspecified atom stereocenters. The molecule has 0 fully saturated rings. The fourth-order valence-electron chi connectivity index (χ4n) is 0.638. The lowest BCUT2D eigenvalue weighted by molar-refractivity contribution is -0.153. The van der Waals surface area contributed by atoms with E-state index in [1.54, 1.807) is 0 Å². The van der Waals surface area contributed by atoms with Crippen molar-refractivity contribution in [2.75, 3.05) is 11.9 Å². The quantitative estimate of drug-likeness (QED) is 0.589. The van der Waals surface area contributed by atoms with Gasteiger partial charge in [0.2, 0.25) is 0 Å². The van der Waals surface area contributed by atoms with Crippen LogP contribution in [0.3, 0.4) is 0 Å². The molecule has 0 bridgehead atoms. The first-order valence-corrected chi connectivity index (χ1v) is 5.87. The lowest BCUT2D eigenvalue weighted by Crippen LogP contribution is -2.36. The Morgan fingerprint density at radius 1 is 1.58 bits per heavy atom. The highest BCUT2D eigenvalue weighted by Gasteiger charge is 2.35. The normalized spacial score (nSPS) is 14.1. The van der Waals surface area contributed by atoms with Crippen molar-refractivity contribution in [3.8, 4) is 0 Å². The van der Waals surface area contributed by atoms with Crippen LogP contribution < -0.4 is 0 Å². The van der Waals surface area contributed by atoms with Crippen molar-refractivity contribution >= 4 is 37.8 Å². The van der Waals surface area contributed by atoms with Gasteiger partial charge in [0.05, 0.1) is 12.0 Å². The third kappa shape index (κ3) is 3.05. The Balaban J connectivity index is 4.27. The monoisotopic (exact) mass is 300 g/mol. The number of hydrogen-bond donors (Lipinski definition) is 0. The Hall–Kier alpha value is 0.430. The van der Waals surface area contributed by atoms with Crippen molar-refractivity contribution in [2.24, 2.45) is 5.41 Å². The van der Waals surface area contributed by atoms with E-state index in [0.717, 1.165) is 5.33 Å². The van der Waals surface area contributed by atoms with Gasteiger partial charge in [-0.25, -0.2) is 0 Å². The molecule has 0 saturated carbocycles. The van der Waals surface area contributed by atoms with E-state index in [2.05, 4.69) is 31.9 Å². The zero-order chi connectivity index (χ0) is 9.78. The van der Waals surface area contributed by atoms with Crippen LogP contribution in [0.4, 0.5) is 0 Å². The molecular weight excluding hydrogens is 288 g/mol. The van der Waals surface area contributed by atoms with Crippen molar-refractivity contribution < 1.29 is 9.53 Å². The molecule has 0 saturated heterocycles. The van der Waals surface area contributed by atoms with Crippen LogP contribution in [-0.2, 0) is 9.53 Å². The van der Waals surface area contributed by atoms with Gasteiger partial charge in [0.15, 0.2) is 0 Å². The van der Waals surface area contributed by atoms with Crippen LogP contribution in [0.15, 0.2) is 0 Å². The SMILES string of the molecule is CCOC(=O)C(C)(C)C(Br)CBr. The lowest BCUT2D eigenvalue weighted by Gasteiger charge is -2.26. The van der Waals surface area contributed by atoms with Crippen molar-refractivity contribution in [1.82, 2.24) is 0 Å². The van der Waals surface area contributed by atoms with Crippen molar-refractivity contribution in [3.63, 3.8) is 0 Å². The summed E-state index contributed by atoms with van der Waals surface area (Å²) < 4.78 is 4.94. The summed E-state index contributed by atoms with van der Waals surface area (Å²) in [7, 11) is 0. The highest BCUT2D eigenvalue weighted by atomic mass is 79.9. The van der Waals surface area contributed by atoms with E-state index in [1.807, 2.05) is 20.8 Å². The molecule has 0 amide bonds. The average molecular weight is 302 g/mol. The number of carbonyl (C=O) groups excluding carboxylic acids is 1. The summed E-state index contributed by atoms with van der Waals surface area (Å²) in [6.45, 7) is 5.98. The lowest BCUT2D eigenvalue weighted by atomic mass is 9.90. The minimum absolute atomic E-state index is 0.101. The van der Waals surface area contributed by atoms with Crippen LogP contribution in [0.25, 0.3) is 0 Å². The maximum atomic E-state index is 11.4. The third-order valence-electron chi connectivity index (χ3n) is 1.72. The number of ether oxygens (including phenoxy) is 1. The van der Waals surface area contributed by atoms with Gasteiger partial charge >= 0.3 is 5.97 Å². The molecule has 0 rings (SSSR count). The smallest absolute Gasteiger partial charge is 0.312 e. The molecule has 2 nitrogen and oxygen atoms in total. The minimum Gasteiger partial charge on any atom is -0.466 e. The molecule has 0 aromatic carbocycles. The third-order valence-corrected chi connectivity index (χ3v) is 4.70. The number of hydrogen-bond acceptors (Lipinski definition) is 2. The molecule has 0 aliphatic rings. The number of rotatable bonds is 4.